The summed E-state index contributed by atoms with van der Waals surface area (Å²) in [5.41, 5.74) is 4.80. The first kappa shape index (κ1) is 14.8. The summed E-state index contributed by atoms with van der Waals surface area (Å²) in [6.45, 7) is 3.61. The van der Waals surface area contributed by atoms with Crippen LogP contribution in [0.4, 0.5) is 0 Å². The van der Waals surface area contributed by atoms with Crippen molar-refractivity contribution in [3.63, 3.8) is 0 Å². The summed E-state index contributed by atoms with van der Waals surface area (Å²) in [6, 6.07) is 0.0314. The number of amides is 2. The molecule has 0 unspecified atom stereocenters. The van der Waals surface area contributed by atoms with Gasteiger partial charge < -0.3 is 16.2 Å². The number of carbonyl (C=O) groups excluding carboxylic acids is 2. The van der Waals surface area contributed by atoms with Crippen LogP contribution in [0.15, 0.2) is 0 Å². The van der Waals surface area contributed by atoms with Gasteiger partial charge in [-0.2, -0.15) is 0 Å². The Morgan fingerprint density at radius 2 is 1.65 bits per heavy atom. The van der Waals surface area contributed by atoms with E-state index in [4.69, 9.17) is 10.8 Å². The van der Waals surface area contributed by atoms with E-state index in [2.05, 4.69) is 5.32 Å². The molecule has 2 fully saturated rings. The van der Waals surface area contributed by atoms with Gasteiger partial charge in [0.2, 0.25) is 11.8 Å². The fraction of sp³-hybridized carbons (Fsp3) is 0.786. The van der Waals surface area contributed by atoms with Crippen molar-refractivity contribution in [2.75, 3.05) is 0 Å². The fourth-order valence-corrected chi connectivity index (χ4v) is 3.40. The number of carbonyl (C=O) groups is 3. The molecule has 6 heteroatoms. The topological polar surface area (TPSA) is 109 Å². The van der Waals surface area contributed by atoms with Crippen LogP contribution in [0.25, 0.3) is 0 Å². The minimum Gasteiger partial charge on any atom is -0.481 e. The molecule has 2 atom stereocenters. The smallest absolute Gasteiger partial charge is 0.307 e. The molecule has 2 aliphatic rings. The highest BCUT2D eigenvalue weighted by Gasteiger charge is 2.66. The van der Waals surface area contributed by atoms with Crippen molar-refractivity contribution in [2.24, 2.45) is 28.9 Å². The average molecular weight is 282 g/mol. The van der Waals surface area contributed by atoms with E-state index in [1.54, 1.807) is 13.8 Å². The van der Waals surface area contributed by atoms with Gasteiger partial charge in [-0.25, -0.2) is 0 Å². The zero-order chi connectivity index (χ0) is 15.1. The summed E-state index contributed by atoms with van der Waals surface area (Å²) in [4.78, 5) is 34.3. The number of carboxylic acids is 1. The molecule has 2 aliphatic carbocycles. The van der Waals surface area contributed by atoms with E-state index in [0.29, 0.717) is 12.8 Å². The molecule has 2 amide bonds. The van der Waals surface area contributed by atoms with Crippen molar-refractivity contribution in [1.29, 1.82) is 0 Å². The Kier molecular flexibility index (Phi) is 3.75. The van der Waals surface area contributed by atoms with Gasteiger partial charge >= 0.3 is 5.97 Å². The molecular formula is C14H22N2O4. The zero-order valence-corrected chi connectivity index (χ0v) is 11.9. The van der Waals surface area contributed by atoms with E-state index < -0.39 is 23.2 Å². The molecule has 6 nitrogen and oxygen atoms in total. The maximum absolute atomic E-state index is 12.2. The van der Waals surface area contributed by atoms with Crippen molar-refractivity contribution in [3.05, 3.63) is 0 Å². The molecule has 112 valence electrons. The maximum Gasteiger partial charge on any atom is 0.307 e. The van der Waals surface area contributed by atoms with Gasteiger partial charge in [-0.05, 0) is 31.1 Å². The molecule has 0 spiro atoms. The molecule has 0 aromatic heterocycles. The van der Waals surface area contributed by atoms with E-state index >= 15 is 0 Å². The second-order valence-electron chi connectivity index (χ2n) is 6.57. The Labute approximate surface area is 118 Å². The van der Waals surface area contributed by atoms with Crippen molar-refractivity contribution in [2.45, 2.75) is 45.6 Å². The van der Waals surface area contributed by atoms with Crippen LogP contribution in [-0.2, 0) is 14.4 Å². The Hall–Kier alpha value is -1.59. The van der Waals surface area contributed by atoms with E-state index in [0.717, 1.165) is 12.8 Å². The summed E-state index contributed by atoms with van der Waals surface area (Å²) in [5, 5.41) is 12.0. The number of carboxylic acid groups (broad SMARTS) is 1. The number of hydrogen-bond acceptors (Lipinski definition) is 3. The van der Waals surface area contributed by atoms with Crippen LogP contribution in [0.1, 0.15) is 39.5 Å². The van der Waals surface area contributed by atoms with Gasteiger partial charge in [0.15, 0.2) is 0 Å². The largest absolute Gasteiger partial charge is 0.481 e. The highest BCUT2D eigenvalue weighted by Crippen LogP contribution is 2.58. The molecule has 0 heterocycles. The lowest BCUT2D eigenvalue weighted by molar-refractivity contribution is -0.140. The van der Waals surface area contributed by atoms with Gasteiger partial charge in [0.1, 0.15) is 0 Å². The predicted molar refractivity (Wildman–Crippen MR) is 71.5 cm³/mol. The summed E-state index contributed by atoms with van der Waals surface area (Å²) in [7, 11) is 0. The Balaban J connectivity index is 1.85. The molecule has 0 aromatic rings. The molecule has 2 saturated carbocycles. The highest BCUT2D eigenvalue weighted by molar-refractivity contribution is 5.91. The SMILES string of the molecule is CC1(C)[C@H](C(=O)O)[C@@H]1C(=O)NC1CCC(C(N)=O)CC1. The van der Waals surface area contributed by atoms with Crippen molar-refractivity contribution >= 4 is 17.8 Å². The van der Waals surface area contributed by atoms with Gasteiger partial charge in [0.25, 0.3) is 0 Å². The summed E-state index contributed by atoms with van der Waals surface area (Å²) in [5.74, 6) is -2.49. The summed E-state index contributed by atoms with van der Waals surface area (Å²) < 4.78 is 0. The second kappa shape index (κ2) is 5.07. The monoisotopic (exact) mass is 282 g/mol. The minimum atomic E-state index is -0.910. The molecule has 0 saturated heterocycles. The molecule has 4 N–H and O–H groups in total. The first-order valence-corrected chi connectivity index (χ1v) is 7.07. The Bertz CT molecular complexity index is 438. The quantitative estimate of drug-likeness (QED) is 0.697. The predicted octanol–water partition coefficient (Wildman–Crippen LogP) is 0.504. The Morgan fingerprint density at radius 1 is 1.10 bits per heavy atom. The van der Waals surface area contributed by atoms with E-state index in [9.17, 15) is 14.4 Å². The van der Waals surface area contributed by atoms with Gasteiger partial charge in [-0.3, -0.25) is 14.4 Å². The van der Waals surface area contributed by atoms with Gasteiger partial charge in [-0.15, -0.1) is 0 Å². The van der Waals surface area contributed by atoms with Gasteiger partial charge in [0.05, 0.1) is 11.8 Å². The van der Waals surface area contributed by atoms with Crippen molar-refractivity contribution < 1.29 is 19.5 Å². The highest BCUT2D eigenvalue weighted by atomic mass is 16.4. The number of rotatable bonds is 4. The number of nitrogens with two attached hydrogens (primary N) is 1. The van der Waals surface area contributed by atoms with Crippen LogP contribution in [0.2, 0.25) is 0 Å². The lowest BCUT2D eigenvalue weighted by Crippen LogP contribution is -2.41. The average Bonchev–Trinajstić information content (AvgIpc) is 2.93. The van der Waals surface area contributed by atoms with Crippen LogP contribution in [-0.4, -0.2) is 28.9 Å². The third-order valence-electron chi connectivity index (χ3n) is 4.85. The lowest BCUT2D eigenvalue weighted by Gasteiger charge is -2.27. The zero-order valence-electron chi connectivity index (χ0n) is 11.9. The number of aliphatic carboxylic acids is 1. The maximum atomic E-state index is 12.2. The molecule has 0 radical (unpaired) electrons. The first-order valence-electron chi connectivity index (χ1n) is 7.07. The molecule has 0 aliphatic heterocycles. The Morgan fingerprint density at radius 3 is 2.05 bits per heavy atom. The van der Waals surface area contributed by atoms with Crippen molar-refractivity contribution in [1.82, 2.24) is 5.32 Å². The van der Waals surface area contributed by atoms with E-state index in [-0.39, 0.29) is 23.8 Å². The van der Waals surface area contributed by atoms with Crippen molar-refractivity contribution in [3.8, 4) is 0 Å². The lowest BCUT2D eigenvalue weighted by atomic mass is 9.85. The molecule has 0 aromatic carbocycles. The molecular weight excluding hydrogens is 260 g/mol. The normalized spacial score (nSPS) is 35.1. The molecule has 20 heavy (non-hydrogen) atoms. The van der Waals surface area contributed by atoms with Gasteiger partial charge in [-0.1, -0.05) is 13.8 Å². The fourth-order valence-electron chi connectivity index (χ4n) is 3.40. The molecule has 2 rings (SSSR count). The molecule has 0 bridgehead atoms. The summed E-state index contributed by atoms with van der Waals surface area (Å²) in [6.07, 6.45) is 2.84. The number of hydrogen-bond donors (Lipinski definition) is 3. The van der Waals surface area contributed by atoms with Crippen LogP contribution in [0, 0.1) is 23.2 Å². The van der Waals surface area contributed by atoms with Crippen LogP contribution < -0.4 is 11.1 Å². The first-order chi connectivity index (χ1) is 9.25. The van der Waals surface area contributed by atoms with E-state index in [1.165, 1.54) is 0 Å². The van der Waals surface area contributed by atoms with Crippen LogP contribution >= 0.6 is 0 Å². The third kappa shape index (κ3) is 2.64. The summed E-state index contributed by atoms with van der Waals surface area (Å²) >= 11 is 0. The third-order valence-corrected chi connectivity index (χ3v) is 4.85. The standard InChI is InChI=1S/C14H22N2O4/c1-14(2)9(10(14)13(19)20)12(18)16-8-5-3-7(4-6-8)11(15)17/h7-10H,3-6H2,1-2H3,(H2,15,17)(H,16,18)(H,19,20)/t7?,8?,9-,10+/m1/s1. The van der Waals surface area contributed by atoms with E-state index in [1.807, 2.05) is 0 Å². The van der Waals surface area contributed by atoms with Crippen LogP contribution in [0.5, 0.6) is 0 Å². The van der Waals surface area contributed by atoms with Crippen LogP contribution in [0.3, 0.4) is 0 Å². The number of nitrogens with one attached hydrogen (secondary N) is 1. The van der Waals surface area contributed by atoms with Gasteiger partial charge in [0, 0.05) is 12.0 Å². The number of primary amides is 1. The minimum absolute atomic E-state index is 0.0314. The second-order valence-corrected chi connectivity index (χ2v) is 6.57.